The Hall–Kier alpha value is -6.52. The Kier molecular flexibility index (Phi) is 12.1. The van der Waals surface area contributed by atoms with Gasteiger partial charge in [0.15, 0.2) is 0 Å². The van der Waals surface area contributed by atoms with Gasteiger partial charge in [-0.25, -0.2) is 33.0 Å². The molecule has 4 aromatic carbocycles. The van der Waals surface area contributed by atoms with Crippen LogP contribution in [-0.2, 0) is 40.4 Å². The molecule has 4 amide bonds. The van der Waals surface area contributed by atoms with Gasteiger partial charge in [-0.15, -0.1) is 0 Å². The van der Waals surface area contributed by atoms with Crippen LogP contribution in [0.4, 0.5) is 13.6 Å². The zero-order chi connectivity index (χ0) is 41.8. The van der Waals surface area contributed by atoms with Crippen LogP contribution in [0, 0.1) is 11.6 Å². The van der Waals surface area contributed by atoms with E-state index in [4.69, 9.17) is 0 Å². The van der Waals surface area contributed by atoms with Gasteiger partial charge in [-0.3, -0.25) is 28.6 Å². The maximum atomic E-state index is 14.8. The van der Waals surface area contributed by atoms with E-state index < -0.39 is 59.8 Å². The maximum absolute atomic E-state index is 14.8. The molecule has 1 aromatic heterocycles. The van der Waals surface area contributed by atoms with E-state index in [1.807, 2.05) is 60.7 Å². The largest absolute Gasteiger partial charge is 0.336 e. The molecule has 3 heterocycles. The Morgan fingerprint density at radius 2 is 1.46 bits per heavy atom. The van der Waals surface area contributed by atoms with Crippen LogP contribution in [0.3, 0.4) is 0 Å². The first kappa shape index (κ1) is 40.7. The number of fused-ring (bicyclic) bond motifs is 2. The highest BCUT2D eigenvalue weighted by Crippen LogP contribution is 2.29. The van der Waals surface area contributed by atoms with Crippen molar-refractivity contribution in [3.8, 4) is 0 Å². The van der Waals surface area contributed by atoms with E-state index in [9.17, 15) is 37.5 Å². The van der Waals surface area contributed by atoms with Crippen molar-refractivity contribution in [3.05, 3.63) is 142 Å². The number of aromatic nitrogens is 2. The number of halogens is 2. The molecule has 0 saturated carbocycles. The minimum atomic E-state index is -1.36. The molecule has 306 valence electrons. The number of urea groups is 1. The van der Waals surface area contributed by atoms with E-state index >= 15 is 0 Å². The highest BCUT2D eigenvalue weighted by atomic mass is 19.1. The van der Waals surface area contributed by atoms with Gasteiger partial charge in [0.25, 0.3) is 0 Å². The van der Waals surface area contributed by atoms with Gasteiger partial charge in [0.2, 0.25) is 17.7 Å². The number of hydrazine groups is 1. The normalized spacial score (nSPS) is 17.1. The maximum Gasteiger partial charge on any atom is 0.336 e. The number of nitrogens with zero attached hydrogens (tertiary/aromatic N) is 7. The first-order chi connectivity index (χ1) is 28.4. The van der Waals surface area contributed by atoms with Gasteiger partial charge in [-0.2, -0.15) is 0 Å². The molecule has 14 nitrogen and oxygen atoms in total. The predicted molar refractivity (Wildman–Crippen MR) is 213 cm³/mol. The number of piperazine rings is 1. The number of benzene rings is 4. The van der Waals surface area contributed by atoms with Crippen LogP contribution in [-0.4, -0.2) is 116 Å². The molecule has 1 N–H and O–H groups in total. The summed E-state index contributed by atoms with van der Waals surface area (Å²) in [5, 5.41) is 5.73. The molecule has 59 heavy (non-hydrogen) atoms. The van der Waals surface area contributed by atoms with Crippen molar-refractivity contribution in [2.45, 2.75) is 44.7 Å². The monoisotopic (exact) mass is 806 g/mol. The summed E-state index contributed by atoms with van der Waals surface area (Å²) < 4.78 is 30.7. The van der Waals surface area contributed by atoms with Crippen LogP contribution in [0.15, 0.2) is 108 Å². The Bertz CT molecular complexity index is 2420. The predicted octanol–water partition coefficient (Wildman–Crippen LogP) is 3.49. The van der Waals surface area contributed by atoms with Crippen molar-refractivity contribution in [1.29, 1.82) is 0 Å². The number of carbonyl (C=O) groups is 5. The molecule has 2 atom stereocenters. The van der Waals surface area contributed by atoms with Crippen molar-refractivity contribution in [1.82, 2.24) is 39.2 Å². The Morgan fingerprint density at radius 1 is 0.797 bits per heavy atom. The molecule has 5 aromatic rings. The van der Waals surface area contributed by atoms with E-state index in [1.54, 1.807) is 14.1 Å². The number of amides is 4. The molecule has 2 saturated heterocycles. The number of hydrogen-bond donors (Lipinski definition) is 1. The highest BCUT2D eigenvalue weighted by Gasteiger charge is 2.51. The second-order valence-corrected chi connectivity index (χ2v) is 14.9. The average Bonchev–Trinajstić information content (AvgIpc) is 3.48. The highest BCUT2D eigenvalue weighted by molar-refractivity contribution is 5.93. The summed E-state index contributed by atoms with van der Waals surface area (Å²) >= 11 is 0. The summed E-state index contributed by atoms with van der Waals surface area (Å²) in [6.07, 6.45) is -0.253. The number of aryl methyl sites for hydroxylation is 1. The van der Waals surface area contributed by atoms with Crippen LogP contribution >= 0.6 is 0 Å². The number of ketones is 1. The number of nitrogens with one attached hydrogen (secondary N) is 1. The van der Waals surface area contributed by atoms with Crippen LogP contribution in [0.2, 0.25) is 0 Å². The molecule has 0 aliphatic carbocycles. The number of carbonyl (C=O) groups excluding carboxylic acids is 5. The Balaban J connectivity index is 1.19. The minimum Gasteiger partial charge on any atom is -0.333 e. The topological polar surface area (TPSA) is 141 Å². The van der Waals surface area contributed by atoms with Crippen LogP contribution < -0.4 is 11.0 Å². The number of likely N-dealkylation sites (N-methyl/N-ethyl adjacent to an activating group) is 2. The van der Waals surface area contributed by atoms with Gasteiger partial charge in [0.1, 0.15) is 29.6 Å². The summed E-state index contributed by atoms with van der Waals surface area (Å²) in [7, 11) is 3.15. The van der Waals surface area contributed by atoms with Crippen LogP contribution in [0.25, 0.3) is 11.0 Å². The summed E-state index contributed by atoms with van der Waals surface area (Å²) in [5.41, 5.74) is 1.62. The van der Waals surface area contributed by atoms with Gasteiger partial charge >= 0.3 is 11.7 Å². The molecule has 2 aliphatic heterocycles. The molecule has 0 radical (unpaired) electrons. The average molecular weight is 807 g/mol. The molecular weight excluding hydrogens is 763 g/mol. The molecule has 2 aliphatic rings. The SMILES string of the molecule is CN(CC(=O)CCc1ccccc1)CC(=O)n1c(=O)n(C[C@@H]2C(=O)N(Cc3ccc(F)cc3)C[C@H]3N2C(=O)CN(C)N3C(=O)NCc2ccccc2)c2ccc(F)cc21. The lowest BCUT2D eigenvalue weighted by molar-refractivity contribution is -0.188. The Morgan fingerprint density at radius 3 is 2.15 bits per heavy atom. The lowest BCUT2D eigenvalue weighted by atomic mass is 10.0. The zero-order valence-corrected chi connectivity index (χ0v) is 32.7. The van der Waals surface area contributed by atoms with E-state index in [1.165, 1.54) is 55.0 Å². The molecule has 7 rings (SSSR count). The van der Waals surface area contributed by atoms with Gasteiger partial charge in [0, 0.05) is 32.6 Å². The summed E-state index contributed by atoms with van der Waals surface area (Å²) in [6.45, 7) is -1.07. The van der Waals surface area contributed by atoms with Crippen molar-refractivity contribution in [2.24, 2.45) is 0 Å². The van der Waals surface area contributed by atoms with E-state index in [2.05, 4.69) is 5.32 Å². The fourth-order valence-electron chi connectivity index (χ4n) is 7.78. The third kappa shape index (κ3) is 8.98. The second kappa shape index (κ2) is 17.5. The van der Waals surface area contributed by atoms with Gasteiger partial charge in [-0.05, 0) is 54.4 Å². The molecule has 0 unspecified atom stereocenters. The lowest BCUT2D eigenvalue weighted by Gasteiger charge is -2.54. The fraction of sp³-hybridized carbons (Fsp3) is 0.302. The molecule has 0 bridgehead atoms. The van der Waals surface area contributed by atoms with Gasteiger partial charge < -0.3 is 15.1 Å². The lowest BCUT2D eigenvalue weighted by Crippen LogP contribution is -2.76. The fourth-order valence-corrected chi connectivity index (χ4v) is 7.78. The summed E-state index contributed by atoms with van der Waals surface area (Å²) in [6, 6.07) is 25.9. The third-order valence-electron chi connectivity index (χ3n) is 10.6. The summed E-state index contributed by atoms with van der Waals surface area (Å²) in [5.74, 6) is -3.06. The van der Waals surface area contributed by atoms with E-state index in [0.717, 1.165) is 32.4 Å². The molecule has 2 fully saturated rings. The minimum absolute atomic E-state index is 0.00586. The van der Waals surface area contributed by atoms with Crippen molar-refractivity contribution < 1.29 is 32.8 Å². The van der Waals surface area contributed by atoms with Crippen molar-refractivity contribution >= 4 is 40.6 Å². The summed E-state index contributed by atoms with van der Waals surface area (Å²) in [4.78, 5) is 87.7. The van der Waals surface area contributed by atoms with E-state index in [-0.39, 0.29) is 62.5 Å². The Labute approximate surface area is 338 Å². The number of Topliss-reactive ketones (excluding diaryl/α,β-unsaturated/α-hetero) is 1. The smallest absolute Gasteiger partial charge is 0.333 e. The molecular formula is C43H44F2N8O6. The van der Waals surface area contributed by atoms with Crippen molar-refractivity contribution in [2.75, 3.05) is 40.3 Å². The quantitative estimate of drug-likeness (QED) is 0.191. The third-order valence-corrected chi connectivity index (χ3v) is 10.6. The standard InChI is InChI=1S/C43H44F2N8O6/c1-47(24-34(54)19-15-29-9-5-3-6-10-29)27-39(55)52-36-21-33(45)18-20-35(36)50(43(52)59)25-37-41(57)49(23-31-13-16-32(44)17-14-31)26-38-51(37)40(56)28-48(2)53(38)42(58)46-22-30-11-7-4-8-12-30/h3-14,16-18,20-21,37-38H,15,19,22-28H2,1-2H3,(H,46,58)/t37-,38+/m1/s1. The zero-order valence-electron chi connectivity index (χ0n) is 32.7. The van der Waals surface area contributed by atoms with Crippen LogP contribution in [0.5, 0.6) is 0 Å². The first-order valence-electron chi connectivity index (χ1n) is 19.2. The van der Waals surface area contributed by atoms with Crippen molar-refractivity contribution in [3.63, 3.8) is 0 Å². The number of hydrogen-bond acceptors (Lipinski definition) is 8. The van der Waals surface area contributed by atoms with E-state index in [0.29, 0.717) is 12.0 Å². The van der Waals surface area contributed by atoms with Crippen LogP contribution in [0.1, 0.15) is 27.9 Å². The molecule has 16 heteroatoms. The molecule has 0 spiro atoms. The first-order valence-corrected chi connectivity index (χ1v) is 19.2. The number of imidazole rings is 1. The number of rotatable bonds is 13. The van der Waals surface area contributed by atoms with Gasteiger partial charge in [-0.1, -0.05) is 72.8 Å². The second-order valence-electron chi connectivity index (χ2n) is 14.9. The van der Waals surface area contributed by atoms with Gasteiger partial charge in [0.05, 0.1) is 43.8 Å².